The molecule has 2 nitrogen and oxygen atoms in total. The van der Waals surface area contributed by atoms with Gasteiger partial charge in [-0.3, -0.25) is 0 Å². The van der Waals surface area contributed by atoms with Crippen LogP contribution in [0, 0.1) is 6.92 Å². The standard InChI is InChI=1S/C9H12N2/c1-6-4-9(10)11-5-8(6)7-2-3-7/h4-5,7H,2-3H2,1H3,(H2,10,11). The molecule has 2 heteroatoms. The van der Waals surface area contributed by atoms with E-state index in [0.717, 1.165) is 5.92 Å². The molecular formula is C9H12N2. The first-order valence-corrected chi connectivity index (χ1v) is 3.99. The van der Waals surface area contributed by atoms with Crippen LogP contribution in [-0.2, 0) is 0 Å². The van der Waals surface area contributed by atoms with E-state index >= 15 is 0 Å². The van der Waals surface area contributed by atoms with Gasteiger partial charge in [-0.05, 0) is 42.9 Å². The minimum absolute atomic E-state index is 0.631. The second-order valence-electron chi connectivity index (χ2n) is 3.24. The fraction of sp³-hybridized carbons (Fsp3) is 0.444. The monoisotopic (exact) mass is 148 g/mol. The molecule has 2 N–H and O–H groups in total. The van der Waals surface area contributed by atoms with E-state index in [9.17, 15) is 0 Å². The number of anilines is 1. The third-order valence-corrected chi connectivity index (χ3v) is 2.19. The molecule has 0 saturated heterocycles. The van der Waals surface area contributed by atoms with Gasteiger partial charge in [0.15, 0.2) is 0 Å². The molecule has 0 amide bonds. The molecule has 1 aromatic rings. The second kappa shape index (κ2) is 2.22. The van der Waals surface area contributed by atoms with Crippen LogP contribution in [0.2, 0.25) is 0 Å². The molecule has 1 aromatic heterocycles. The Morgan fingerprint density at radius 3 is 2.82 bits per heavy atom. The van der Waals surface area contributed by atoms with E-state index in [1.54, 1.807) is 0 Å². The smallest absolute Gasteiger partial charge is 0.123 e. The summed E-state index contributed by atoms with van der Waals surface area (Å²) in [4.78, 5) is 4.08. The first-order chi connectivity index (χ1) is 5.27. The number of nitrogens with two attached hydrogens (primary N) is 1. The number of aromatic nitrogens is 1. The molecule has 1 heterocycles. The second-order valence-corrected chi connectivity index (χ2v) is 3.24. The highest BCUT2D eigenvalue weighted by Crippen LogP contribution is 2.41. The molecule has 0 aromatic carbocycles. The molecule has 0 spiro atoms. The number of hydrogen-bond acceptors (Lipinski definition) is 2. The van der Waals surface area contributed by atoms with Crippen molar-refractivity contribution in [2.24, 2.45) is 0 Å². The Balaban J connectivity index is 2.39. The molecule has 11 heavy (non-hydrogen) atoms. The van der Waals surface area contributed by atoms with E-state index in [1.165, 1.54) is 24.0 Å². The van der Waals surface area contributed by atoms with E-state index in [4.69, 9.17) is 5.73 Å². The SMILES string of the molecule is Cc1cc(N)ncc1C1CC1. The molecule has 1 saturated carbocycles. The van der Waals surface area contributed by atoms with Gasteiger partial charge in [0.05, 0.1) is 0 Å². The van der Waals surface area contributed by atoms with E-state index < -0.39 is 0 Å². The van der Waals surface area contributed by atoms with Gasteiger partial charge in [0, 0.05) is 6.20 Å². The zero-order valence-corrected chi connectivity index (χ0v) is 6.67. The van der Waals surface area contributed by atoms with Gasteiger partial charge in [-0.25, -0.2) is 4.98 Å². The van der Waals surface area contributed by atoms with E-state index in [2.05, 4.69) is 11.9 Å². The third kappa shape index (κ3) is 1.20. The minimum Gasteiger partial charge on any atom is -0.384 e. The highest BCUT2D eigenvalue weighted by atomic mass is 14.8. The first-order valence-electron chi connectivity index (χ1n) is 3.99. The third-order valence-electron chi connectivity index (χ3n) is 2.19. The van der Waals surface area contributed by atoms with Crippen LogP contribution in [0.25, 0.3) is 0 Å². The van der Waals surface area contributed by atoms with Crippen molar-refractivity contribution in [3.05, 3.63) is 23.4 Å². The molecule has 0 bridgehead atoms. The van der Waals surface area contributed by atoms with Crippen molar-refractivity contribution in [1.82, 2.24) is 4.98 Å². The minimum atomic E-state index is 0.631. The van der Waals surface area contributed by atoms with Gasteiger partial charge in [0.25, 0.3) is 0 Å². The van der Waals surface area contributed by atoms with Crippen LogP contribution in [-0.4, -0.2) is 4.98 Å². The Morgan fingerprint density at radius 2 is 2.27 bits per heavy atom. The largest absolute Gasteiger partial charge is 0.384 e. The molecule has 2 rings (SSSR count). The highest BCUT2D eigenvalue weighted by molar-refractivity contribution is 5.39. The van der Waals surface area contributed by atoms with Crippen molar-refractivity contribution < 1.29 is 0 Å². The maximum atomic E-state index is 5.54. The summed E-state index contributed by atoms with van der Waals surface area (Å²) in [6.45, 7) is 2.10. The van der Waals surface area contributed by atoms with Crippen molar-refractivity contribution >= 4 is 5.82 Å². The van der Waals surface area contributed by atoms with Gasteiger partial charge in [0.1, 0.15) is 5.82 Å². The van der Waals surface area contributed by atoms with E-state index in [0.29, 0.717) is 5.82 Å². The lowest BCUT2D eigenvalue weighted by molar-refractivity contribution is 1.07. The van der Waals surface area contributed by atoms with Gasteiger partial charge < -0.3 is 5.73 Å². The zero-order valence-electron chi connectivity index (χ0n) is 6.67. The van der Waals surface area contributed by atoms with Crippen LogP contribution >= 0.6 is 0 Å². The van der Waals surface area contributed by atoms with Crippen molar-refractivity contribution in [3.8, 4) is 0 Å². The molecular weight excluding hydrogens is 136 g/mol. The highest BCUT2D eigenvalue weighted by Gasteiger charge is 2.25. The Bertz CT molecular complexity index is 277. The van der Waals surface area contributed by atoms with Gasteiger partial charge in [-0.2, -0.15) is 0 Å². The molecule has 1 fully saturated rings. The van der Waals surface area contributed by atoms with Crippen LogP contribution in [0.3, 0.4) is 0 Å². The fourth-order valence-corrected chi connectivity index (χ4v) is 1.41. The summed E-state index contributed by atoms with van der Waals surface area (Å²) in [7, 11) is 0. The first kappa shape index (κ1) is 6.65. The van der Waals surface area contributed by atoms with Crippen LogP contribution in [0.1, 0.15) is 29.9 Å². The average molecular weight is 148 g/mol. The normalized spacial score (nSPS) is 16.8. The number of hydrogen-bond donors (Lipinski definition) is 1. The van der Waals surface area contributed by atoms with Gasteiger partial charge >= 0.3 is 0 Å². The lowest BCUT2D eigenvalue weighted by Crippen LogP contribution is -1.93. The summed E-state index contributed by atoms with van der Waals surface area (Å²) in [5.74, 6) is 1.41. The summed E-state index contributed by atoms with van der Waals surface area (Å²) in [5, 5.41) is 0. The predicted octanol–water partition coefficient (Wildman–Crippen LogP) is 1.85. The summed E-state index contributed by atoms with van der Waals surface area (Å²) in [6.07, 6.45) is 4.57. The summed E-state index contributed by atoms with van der Waals surface area (Å²) >= 11 is 0. The Kier molecular flexibility index (Phi) is 1.34. The van der Waals surface area contributed by atoms with Crippen molar-refractivity contribution in [3.63, 3.8) is 0 Å². The number of nitrogens with zero attached hydrogens (tertiary/aromatic N) is 1. The number of aryl methyl sites for hydroxylation is 1. The topological polar surface area (TPSA) is 38.9 Å². The Hall–Kier alpha value is -1.05. The van der Waals surface area contributed by atoms with E-state index in [-0.39, 0.29) is 0 Å². The van der Waals surface area contributed by atoms with Crippen molar-refractivity contribution in [2.75, 3.05) is 5.73 Å². The van der Waals surface area contributed by atoms with Crippen LogP contribution in [0.5, 0.6) is 0 Å². The van der Waals surface area contributed by atoms with Gasteiger partial charge in [0.2, 0.25) is 0 Å². The number of pyridine rings is 1. The lowest BCUT2D eigenvalue weighted by Gasteiger charge is -2.02. The fourth-order valence-electron chi connectivity index (χ4n) is 1.41. The molecule has 0 radical (unpaired) electrons. The summed E-state index contributed by atoms with van der Waals surface area (Å²) < 4.78 is 0. The van der Waals surface area contributed by atoms with Crippen molar-refractivity contribution in [1.29, 1.82) is 0 Å². The molecule has 0 atom stereocenters. The van der Waals surface area contributed by atoms with E-state index in [1.807, 2.05) is 12.3 Å². The van der Waals surface area contributed by atoms with Crippen LogP contribution in [0.15, 0.2) is 12.3 Å². The van der Waals surface area contributed by atoms with Crippen LogP contribution in [0.4, 0.5) is 5.82 Å². The predicted molar refractivity (Wildman–Crippen MR) is 45.4 cm³/mol. The molecule has 0 unspecified atom stereocenters. The molecule has 1 aliphatic carbocycles. The van der Waals surface area contributed by atoms with Gasteiger partial charge in [-0.1, -0.05) is 0 Å². The Labute approximate surface area is 66.4 Å². The quantitative estimate of drug-likeness (QED) is 0.660. The molecule has 1 aliphatic rings. The van der Waals surface area contributed by atoms with Crippen molar-refractivity contribution in [2.45, 2.75) is 25.7 Å². The average Bonchev–Trinajstić information content (AvgIpc) is 2.70. The summed E-state index contributed by atoms with van der Waals surface area (Å²) in [6, 6.07) is 1.95. The maximum absolute atomic E-state index is 5.54. The van der Waals surface area contributed by atoms with Crippen LogP contribution < -0.4 is 5.73 Å². The molecule has 0 aliphatic heterocycles. The summed E-state index contributed by atoms with van der Waals surface area (Å²) in [5.41, 5.74) is 8.22. The Morgan fingerprint density at radius 1 is 1.55 bits per heavy atom. The zero-order chi connectivity index (χ0) is 7.84. The maximum Gasteiger partial charge on any atom is 0.123 e. The number of nitrogen functional groups attached to an aromatic ring is 1. The van der Waals surface area contributed by atoms with Gasteiger partial charge in [-0.15, -0.1) is 0 Å². The molecule has 58 valence electrons. The number of rotatable bonds is 1. The lowest BCUT2D eigenvalue weighted by atomic mass is 10.1.